The van der Waals surface area contributed by atoms with Gasteiger partial charge in [-0.3, -0.25) is 14.8 Å². The van der Waals surface area contributed by atoms with Crippen molar-refractivity contribution in [1.82, 2.24) is 15.1 Å². The highest BCUT2D eigenvalue weighted by molar-refractivity contribution is 6.02. The molecule has 35 heavy (non-hydrogen) atoms. The molecule has 0 aliphatic heterocycles. The van der Waals surface area contributed by atoms with E-state index >= 15 is 0 Å². The summed E-state index contributed by atoms with van der Waals surface area (Å²) in [5.74, 6) is -1.67. The Labute approximate surface area is 203 Å². The van der Waals surface area contributed by atoms with Crippen LogP contribution in [0.3, 0.4) is 0 Å². The molecule has 0 fully saturated rings. The van der Waals surface area contributed by atoms with Gasteiger partial charge in [0.05, 0.1) is 6.20 Å². The number of nitrogens with one attached hydrogen (secondary N) is 2. The van der Waals surface area contributed by atoms with Crippen molar-refractivity contribution in [2.75, 3.05) is 11.9 Å². The zero-order valence-corrected chi connectivity index (χ0v) is 19.8. The second-order valence-electron chi connectivity index (χ2n) is 8.97. The molecule has 0 saturated heterocycles. The van der Waals surface area contributed by atoms with E-state index in [1.54, 1.807) is 7.05 Å². The van der Waals surface area contributed by atoms with Gasteiger partial charge in [-0.2, -0.15) is 5.10 Å². The molecule has 1 aliphatic carbocycles. The number of anilines is 1. The highest BCUT2D eigenvalue weighted by atomic mass is 16.5. The number of ether oxygens (including phenoxy) is 1. The van der Waals surface area contributed by atoms with E-state index in [4.69, 9.17) is 4.74 Å². The van der Waals surface area contributed by atoms with Crippen LogP contribution in [0.25, 0.3) is 11.1 Å². The van der Waals surface area contributed by atoms with Gasteiger partial charge in [-0.15, -0.1) is 0 Å². The average molecular weight is 477 g/mol. The first-order chi connectivity index (χ1) is 16.8. The van der Waals surface area contributed by atoms with Crippen molar-refractivity contribution in [1.29, 1.82) is 0 Å². The SMILES string of the molecule is CC(C)C[C@@H](NC(=O)c1cnn(C)c1NC(=O)OCC1c2ccccc2-c2ccccc21)C(=O)O. The van der Waals surface area contributed by atoms with Crippen LogP contribution in [0.15, 0.2) is 54.7 Å². The van der Waals surface area contributed by atoms with E-state index in [0.29, 0.717) is 0 Å². The Morgan fingerprint density at radius 2 is 1.66 bits per heavy atom. The topological polar surface area (TPSA) is 123 Å². The van der Waals surface area contributed by atoms with Gasteiger partial charge in [0.1, 0.15) is 24.0 Å². The number of carboxylic acid groups (broad SMARTS) is 1. The van der Waals surface area contributed by atoms with Crippen LogP contribution in [0, 0.1) is 5.92 Å². The molecule has 1 aliphatic rings. The monoisotopic (exact) mass is 476 g/mol. The summed E-state index contributed by atoms with van der Waals surface area (Å²) in [5, 5.41) is 18.6. The van der Waals surface area contributed by atoms with E-state index in [9.17, 15) is 19.5 Å². The van der Waals surface area contributed by atoms with Gasteiger partial charge in [0.2, 0.25) is 0 Å². The maximum absolute atomic E-state index is 12.8. The first-order valence-corrected chi connectivity index (χ1v) is 11.4. The lowest BCUT2D eigenvalue weighted by atomic mass is 9.98. The van der Waals surface area contributed by atoms with Crippen molar-refractivity contribution < 1.29 is 24.2 Å². The van der Waals surface area contributed by atoms with Gasteiger partial charge < -0.3 is 15.2 Å². The summed E-state index contributed by atoms with van der Waals surface area (Å²) in [7, 11) is 1.57. The molecular formula is C26H28N4O5. The molecule has 2 aromatic carbocycles. The third kappa shape index (κ3) is 5.03. The molecule has 2 amide bonds. The molecule has 9 heteroatoms. The predicted molar refractivity (Wildman–Crippen MR) is 130 cm³/mol. The second-order valence-corrected chi connectivity index (χ2v) is 8.97. The van der Waals surface area contributed by atoms with Crippen LogP contribution >= 0.6 is 0 Å². The largest absolute Gasteiger partial charge is 0.480 e. The third-order valence-corrected chi connectivity index (χ3v) is 6.06. The number of nitrogens with zero attached hydrogens (tertiary/aromatic N) is 2. The Morgan fingerprint density at radius 3 is 2.23 bits per heavy atom. The van der Waals surface area contributed by atoms with Crippen molar-refractivity contribution in [3.8, 4) is 11.1 Å². The van der Waals surface area contributed by atoms with Gasteiger partial charge in [0.15, 0.2) is 0 Å². The van der Waals surface area contributed by atoms with Crippen LogP contribution in [-0.4, -0.2) is 45.5 Å². The van der Waals surface area contributed by atoms with Crippen LogP contribution in [0.1, 0.15) is 47.7 Å². The number of amides is 2. The Kier molecular flexibility index (Phi) is 6.86. The minimum Gasteiger partial charge on any atom is -0.480 e. The summed E-state index contributed by atoms with van der Waals surface area (Å²) in [6, 6.07) is 15.0. The van der Waals surface area contributed by atoms with Gasteiger partial charge in [0, 0.05) is 13.0 Å². The maximum atomic E-state index is 12.8. The number of rotatable bonds is 8. The second kappa shape index (κ2) is 10.0. The van der Waals surface area contributed by atoms with Crippen molar-refractivity contribution >= 4 is 23.8 Å². The van der Waals surface area contributed by atoms with Gasteiger partial charge in [-0.25, -0.2) is 9.59 Å². The molecular weight excluding hydrogens is 448 g/mol. The lowest BCUT2D eigenvalue weighted by Gasteiger charge is -2.17. The van der Waals surface area contributed by atoms with E-state index in [0.717, 1.165) is 22.3 Å². The summed E-state index contributed by atoms with van der Waals surface area (Å²) in [5.41, 5.74) is 4.48. The van der Waals surface area contributed by atoms with Gasteiger partial charge >= 0.3 is 12.1 Å². The number of aryl methyl sites for hydroxylation is 1. The van der Waals surface area contributed by atoms with Crippen molar-refractivity contribution in [3.05, 3.63) is 71.4 Å². The highest BCUT2D eigenvalue weighted by Gasteiger charge is 2.30. The van der Waals surface area contributed by atoms with Crippen molar-refractivity contribution in [3.63, 3.8) is 0 Å². The fraction of sp³-hybridized carbons (Fsp3) is 0.308. The fourth-order valence-electron chi connectivity index (χ4n) is 4.41. The molecule has 3 aromatic rings. The number of carboxylic acids is 1. The quantitative estimate of drug-likeness (QED) is 0.452. The Hall–Kier alpha value is -4.14. The van der Waals surface area contributed by atoms with E-state index < -0.39 is 24.0 Å². The standard InChI is InChI=1S/C26H28N4O5/c1-15(2)12-22(25(32)33)28-24(31)20-13-27-30(3)23(20)29-26(34)35-14-21-18-10-6-4-8-16(18)17-9-5-7-11-19(17)21/h4-11,13,15,21-22H,12,14H2,1-3H3,(H,28,31)(H,29,34)(H,32,33)/t22-/m1/s1. The van der Waals surface area contributed by atoms with Gasteiger partial charge in [-0.1, -0.05) is 62.4 Å². The van der Waals surface area contributed by atoms with Crippen LogP contribution in [0.2, 0.25) is 0 Å². The molecule has 0 bridgehead atoms. The summed E-state index contributed by atoms with van der Waals surface area (Å²) >= 11 is 0. The molecule has 1 aromatic heterocycles. The smallest absolute Gasteiger partial charge is 0.412 e. The summed E-state index contributed by atoms with van der Waals surface area (Å²) < 4.78 is 6.89. The number of fused-ring (bicyclic) bond motifs is 3. The predicted octanol–water partition coefficient (Wildman–Crippen LogP) is 4.01. The van der Waals surface area contributed by atoms with E-state index in [-0.39, 0.29) is 36.2 Å². The van der Waals surface area contributed by atoms with Crippen LogP contribution < -0.4 is 10.6 Å². The third-order valence-electron chi connectivity index (χ3n) is 6.06. The van der Waals surface area contributed by atoms with Crippen LogP contribution in [-0.2, 0) is 16.6 Å². The first kappa shape index (κ1) is 24.0. The van der Waals surface area contributed by atoms with Crippen molar-refractivity contribution in [2.24, 2.45) is 13.0 Å². The average Bonchev–Trinajstić information content (AvgIpc) is 3.34. The number of carbonyl (C=O) groups excluding carboxylic acids is 2. The lowest BCUT2D eigenvalue weighted by Crippen LogP contribution is -2.41. The molecule has 4 rings (SSSR count). The molecule has 1 atom stereocenters. The molecule has 0 radical (unpaired) electrons. The number of benzene rings is 2. The Balaban J connectivity index is 1.45. The summed E-state index contributed by atoms with van der Waals surface area (Å²) in [4.78, 5) is 37.0. The molecule has 1 heterocycles. The van der Waals surface area contributed by atoms with Crippen molar-refractivity contribution in [2.45, 2.75) is 32.2 Å². The number of hydrogen-bond donors (Lipinski definition) is 3. The van der Waals surface area contributed by atoms with Gasteiger partial charge in [0.25, 0.3) is 5.91 Å². The molecule has 0 saturated carbocycles. The number of carbonyl (C=O) groups is 3. The normalized spacial score (nSPS) is 13.1. The Bertz CT molecular complexity index is 1220. The van der Waals surface area contributed by atoms with Gasteiger partial charge in [-0.05, 0) is 34.6 Å². The number of aliphatic carboxylic acids is 1. The zero-order valence-electron chi connectivity index (χ0n) is 19.8. The molecule has 0 unspecified atom stereocenters. The fourth-order valence-corrected chi connectivity index (χ4v) is 4.41. The zero-order chi connectivity index (χ0) is 25.1. The van der Waals surface area contributed by atoms with E-state index in [1.165, 1.54) is 10.9 Å². The first-order valence-electron chi connectivity index (χ1n) is 11.4. The molecule has 182 valence electrons. The summed E-state index contributed by atoms with van der Waals surface area (Å²) in [6.07, 6.45) is 0.820. The minimum absolute atomic E-state index is 0.0519. The minimum atomic E-state index is -1.12. The highest BCUT2D eigenvalue weighted by Crippen LogP contribution is 2.44. The molecule has 3 N–H and O–H groups in total. The van der Waals surface area contributed by atoms with E-state index in [2.05, 4.69) is 27.9 Å². The number of hydrogen-bond acceptors (Lipinski definition) is 5. The van der Waals surface area contributed by atoms with Crippen LogP contribution in [0.5, 0.6) is 0 Å². The summed E-state index contributed by atoms with van der Waals surface area (Å²) in [6.45, 7) is 3.86. The maximum Gasteiger partial charge on any atom is 0.412 e. The molecule has 0 spiro atoms. The van der Waals surface area contributed by atoms with E-state index in [1.807, 2.05) is 50.2 Å². The lowest BCUT2D eigenvalue weighted by molar-refractivity contribution is -0.139. The van der Waals surface area contributed by atoms with Crippen LogP contribution in [0.4, 0.5) is 10.6 Å². The number of aromatic nitrogens is 2. The Morgan fingerprint density at radius 1 is 1.06 bits per heavy atom. The molecule has 9 nitrogen and oxygen atoms in total.